The predicted octanol–water partition coefficient (Wildman–Crippen LogP) is 4.45. The van der Waals surface area contributed by atoms with Crippen LogP contribution in [-0.2, 0) is 14.3 Å². The second-order valence-corrected chi connectivity index (χ2v) is 9.06. The number of aliphatic imine (C=N–C) groups is 1. The fourth-order valence-corrected chi connectivity index (χ4v) is 5.51. The molecule has 3 aliphatic heterocycles. The van der Waals surface area contributed by atoms with Gasteiger partial charge >= 0.3 is 5.97 Å². The Morgan fingerprint density at radius 3 is 2.61 bits per heavy atom. The van der Waals surface area contributed by atoms with Gasteiger partial charge in [-0.3, -0.25) is 4.79 Å². The number of amidine groups is 1. The van der Waals surface area contributed by atoms with Crippen molar-refractivity contribution in [2.24, 2.45) is 4.99 Å². The summed E-state index contributed by atoms with van der Waals surface area (Å²) in [5, 5.41) is 2.83. The van der Waals surface area contributed by atoms with E-state index in [-0.39, 0.29) is 17.9 Å². The van der Waals surface area contributed by atoms with Crippen molar-refractivity contribution in [2.75, 3.05) is 20.2 Å². The van der Waals surface area contributed by atoms with E-state index in [2.05, 4.69) is 36.9 Å². The molecule has 31 heavy (non-hydrogen) atoms. The fourth-order valence-electron chi connectivity index (χ4n) is 4.57. The SMILES string of the molecule is CCC1=C(C(=O)OC)[C@@H](c2ccc(C)cc2C)N2C(CC(=O)N3CCCC3)=CSC2=N1. The molecule has 0 unspecified atom stereocenters. The summed E-state index contributed by atoms with van der Waals surface area (Å²) in [6.07, 6.45) is 3.07. The number of benzene rings is 1. The number of fused-ring (bicyclic) bond motifs is 1. The maximum Gasteiger partial charge on any atom is 0.338 e. The molecule has 0 aliphatic carbocycles. The summed E-state index contributed by atoms with van der Waals surface area (Å²) < 4.78 is 5.19. The van der Waals surface area contributed by atoms with E-state index >= 15 is 0 Å². The molecule has 1 aromatic rings. The number of carbonyl (C=O) groups is 2. The molecule has 3 heterocycles. The topological polar surface area (TPSA) is 62.2 Å². The Morgan fingerprint density at radius 1 is 1.23 bits per heavy atom. The highest BCUT2D eigenvalue weighted by molar-refractivity contribution is 8.16. The van der Waals surface area contributed by atoms with E-state index in [0.29, 0.717) is 18.4 Å². The van der Waals surface area contributed by atoms with Crippen LogP contribution in [0.3, 0.4) is 0 Å². The standard InChI is InChI=1S/C24H29N3O3S/c1-5-19-21(23(29)30-4)22(18-9-8-15(2)12-16(18)3)27-17(14-31-24(27)25-19)13-20(28)26-10-6-7-11-26/h8-9,12,14,22H,5-7,10-11,13H2,1-4H3/t22-/m1/s1. The molecule has 0 aromatic heterocycles. The lowest BCUT2D eigenvalue weighted by Crippen LogP contribution is -2.38. The van der Waals surface area contributed by atoms with Crippen LogP contribution in [0.4, 0.5) is 0 Å². The number of hydrogen-bond donors (Lipinski definition) is 0. The number of aryl methyl sites for hydroxylation is 2. The zero-order valence-electron chi connectivity index (χ0n) is 18.6. The quantitative estimate of drug-likeness (QED) is 0.634. The van der Waals surface area contributed by atoms with Gasteiger partial charge in [-0.1, -0.05) is 42.4 Å². The first-order valence-corrected chi connectivity index (χ1v) is 11.7. The molecule has 4 rings (SSSR count). The van der Waals surface area contributed by atoms with Gasteiger partial charge in [0, 0.05) is 18.8 Å². The first kappa shape index (κ1) is 21.7. The minimum Gasteiger partial charge on any atom is -0.466 e. The summed E-state index contributed by atoms with van der Waals surface area (Å²) in [6, 6.07) is 5.92. The molecule has 1 saturated heterocycles. The van der Waals surface area contributed by atoms with Crippen molar-refractivity contribution in [3.63, 3.8) is 0 Å². The minimum absolute atomic E-state index is 0.134. The molecule has 7 heteroatoms. The van der Waals surface area contributed by atoms with Gasteiger partial charge < -0.3 is 14.5 Å². The normalized spacial score (nSPS) is 20.6. The van der Waals surface area contributed by atoms with E-state index in [0.717, 1.165) is 53.6 Å². The van der Waals surface area contributed by atoms with Crippen LogP contribution in [0.2, 0.25) is 0 Å². The summed E-state index contributed by atoms with van der Waals surface area (Å²) >= 11 is 1.52. The summed E-state index contributed by atoms with van der Waals surface area (Å²) in [5.41, 5.74) is 5.50. The van der Waals surface area contributed by atoms with Gasteiger partial charge in [-0.25, -0.2) is 9.79 Å². The van der Waals surface area contributed by atoms with E-state index in [9.17, 15) is 9.59 Å². The van der Waals surface area contributed by atoms with Crippen molar-refractivity contribution in [3.8, 4) is 0 Å². The lowest BCUT2D eigenvalue weighted by molar-refractivity contribution is -0.136. The maximum absolute atomic E-state index is 12.9. The summed E-state index contributed by atoms with van der Waals surface area (Å²) in [4.78, 5) is 34.7. The first-order chi connectivity index (χ1) is 14.9. The third-order valence-electron chi connectivity index (χ3n) is 6.14. The largest absolute Gasteiger partial charge is 0.466 e. The van der Waals surface area contributed by atoms with E-state index < -0.39 is 0 Å². The number of hydrogen-bond acceptors (Lipinski definition) is 6. The molecule has 3 aliphatic rings. The van der Waals surface area contributed by atoms with Crippen LogP contribution in [-0.4, -0.2) is 47.0 Å². The van der Waals surface area contributed by atoms with Crippen LogP contribution < -0.4 is 0 Å². The third-order valence-corrected chi connectivity index (χ3v) is 7.03. The van der Waals surface area contributed by atoms with Crippen LogP contribution in [0, 0.1) is 13.8 Å². The number of rotatable bonds is 5. The van der Waals surface area contributed by atoms with Crippen molar-refractivity contribution in [1.82, 2.24) is 9.80 Å². The maximum atomic E-state index is 12.9. The second kappa shape index (κ2) is 8.91. The molecular formula is C24H29N3O3S. The average molecular weight is 440 g/mol. The Kier molecular flexibility index (Phi) is 6.23. The second-order valence-electron chi connectivity index (χ2n) is 8.22. The Morgan fingerprint density at radius 2 is 1.97 bits per heavy atom. The van der Waals surface area contributed by atoms with Gasteiger partial charge in [0.1, 0.15) is 0 Å². The molecule has 1 fully saturated rings. The molecule has 164 valence electrons. The van der Waals surface area contributed by atoms with Crippen LogP contribution in [0.1, 0.15) is 55.3 Å². The average Bonchev–Trinajstić information content (AvgIpc) is 3.42. The minimum atomic E-state index is -0.369. The predicted molar refractivity (Wildman–Crippen MR) is 123 cm³/mol. The number of likely N-dealkylation sites (tertiary alicyclic amines) is 1. The van der Waals surface area contributed by atoms with Crippen molar-refractivity contribution < 1.29 is 14.3 Å². The third kappa shape index (κ3) is 4.03. The van der Waals surface area contributed by atoms with Crippen molar-refractivity contribution >= 4 is 28.8 Å². The summed E-state index contributed by atoms with van der Waals surface area (Å²) in [5.74, 6) is -0.235. The molecule has 6 nitrogen and oxygen atoms in total. The van der Waals surface area contributed by atoms with Gasteiger partial charge in [0.2, 0.25) is 5.91 Å². The molecule has 1 aromatic carbocycles. The lowest BCUT2D eigenvalue weighted by atomic mass is 9.89. The summed E-state index contributed by atoms with van der Waals surface area (Å²) in [7, 11) is 1.41. The number of carbonyl (C=O) groups excluding carboxylic acids is 2. The fraction of sp³-hybridized carbons (Fsp3) is 0.458. The Hall–Kier alpha value is -2.54. The number of methoxy groups -OCH3 is 1. The van der Waals surface area contributed by atoms with E-state index in [1.54, 1.807) is 0 Å². The van der Waals surface area contributed by atoms with Crippen LogP contribution in [0.15, 0.2) is 45.6 Å². The van der Waals surface area contributed by atoms with Crippen molar-refractivity contribution in [2.45, 2.75) is 52.5 Å². The molecule has 0 bridgehead atoms. The van der Waals surface area contributed by atoms with E-state index in [4.69, 9.17) is 9.73 Å². The lowest BCUT2D eigenvalue weighted by Gasteiger charge is -2.37. The van der Waals surface area contributed by atoms with E-state index in [1.807, 2.05) is 17.2 Å². The number of allylic oxidation sites excluding steroid dienone is 1. The van der Waals surface area contributed by atoms with Gasteiger partial charge in [0.15, 0.2) is 5.17 Å². The zero-order chi connectivity index (χ0) is 22.1. The highest BCUT2D eigenvalue weighted by Gasteiger charge is 2.42. The molecule has 1 atom stereocenters. The van der Waals surface area contributed by atoms with E-state index in [1.165, 1.54) is 24.4 Å². The van der Waals surface area contributed by atoms with Crippen molar-refractivity contribution in [1.29, 1.82) is 0 Å². The van der Waals surface area contributed by atoms with Gasteiger partial charge in [0.05, 0.1) is 30.8 Å². The van der Waals surface area contributed by atoms with Crippen LogP contribution in [0.25, 0.3) is 0 Å². The van der Waals surface area contributed by atoms with Gasteiger partial charge in [0.25, 0.3) is 0 Å². The molecule has 0 saturated carbocycles. The Balaban J connectivity index is 1.78. The van der Waals surface area contributed by atoms with Crippen molar-refractivity contribution in [3.05, 3.63) is 57.3 Å². The molecule has 0 N–H and O–H groups in total. The number of thioether (sulfide) groups is 1. The molecule has 0 spiro atoms. The highest BCUT2D eigenvalue weighted by atomic mass is 32.2. The smallest absolute Gasteiger partial charge is 0.338 e. The Labute approximate surface area is 188 Å². The number of ether oxygens (including phenoxy) is 1. The zero-order valence-corrected chi connectivity index (χ0v) is 19.4. The first-order valence-electron chi connectivity index (χ1n) is 10.8. The molecule has 1 amide bonds. The number of nitrogens with zero attached hydrogens (tertiary/aromatic N) is 3. The van der Waals surface area contributed by atoms with Gasteiger partial charge in [-0.15, -0.1) is 0 Å². The number of amides is 1. The molecule has 0 radical (unpaired) electrons. The van der Waals surface area contributed by atoms with Gasteiger partial charge in [-0.05, 0) is 49.6 Å². The highest BCUT2D eigenvalue weighted by Crippen LogP contribution is 2.46. The Bertz CT molecular complexity index is 1010. The van der Waals surface area contributed by atoms with Gasteiger partial charge in [-0.2, -0.15) is 0 Å². The van der Waals surface area contributed by atoms with Crippen LogP contribution >= 0.6 is 11.8 Å². The molecular weight excluding hydrogens is 410 g/mol. The van der Waals surface area contributed by atoms with Crippen LogP contribution in [0.5, 0.6) is 0 Å². The summed E-state index contributed by atoms with van der Waals surface area (Å²) in [6.45, 7) is 7.78. The number of esters is 1. The monoisotopic (exact) mass is 439 g/mol.